The third-order valence-electron chi connectivity index (χ3n) is 6.51. The van der Waals surface area contributed by atoms with Gasteiger partial charge in [0.1, 0.15) is 11.9 Å². The van der Waals surface area contributed by atoms with Gasteiger partial charge < -0.3 is 4.98 Å². The Kier molecular flexibility index (Phi) is 4.79. The lowest BCUT2D eigenvalue weighted by Gasteiger charge is -2.27. The Morgan fingerprint density at radius 3 is 2.77 bits per heavy atom. The highest BCUT2D eigenvalue weighted by atomic mass is 32.2. The molecule has 1 unspecified atom stereocenters. The van der Waals surface area contributed by atoms with Crippen molar-refractivity contribution in [3.05, 3.63) is 30.5 Å². The van der Waals surface area contributed by atoms with Crippen molar-refractivity contribution in [3.8, 4) is 0 Å². The number of imidazole rings is 1. The number of alkyl halides is 3. The number of hydrogen-bond donors (Lipinski definition) is 2. The smallest absolute Gasteiger partial charge is 0.345 e. The molecule has 0 radical (unpaired) electrons. The van der Waals surface area contributed by atoms with Crippen molar-refractivity contribution in [1.29, 1.82) is 0 Å². The molecule has 4 atom stereocenters. The van der Waals surface area contributed by atoms with Crippen molar-refractivity contribution >= 4 is 26.9 Å². The average molecular weight is 456 g/mol. The van der Waals surface area contributed by atoms with E-state index in [0.717, 1.165) is 22.5 Å². The van der Waals surface area contributed by atoms with Crippen LogP contribution in [0.5, 0.6) is 0 Å². The molecule has 0 amide bonds. The molecule has 31 heavy (non-hydrogen) atoms. The number of aromatic nitrogens is 4. The fourth-order valence-corrected chi connectivity index (χ4v) is 6.78. The van der Waals surface area contributed by atoms with Crippen LogP contribution in [0.25, 0.3) is 16.7 Å². The van der Waals surface area contributed by atoms with Crippen LogP contribution in [0.15, 0.2) is 24.7 Å². The summed E-state index contributed by atoms with van der Waals surface area (Å²) in [5.41, 5.74) is 2.44. The quantitative estimate of drug-likeness (QED) is 0.631. The van der Waals surface area contributed by atoms with E-state index in [0.29, 0.717) is 17.1 Å². The zero-order valence-corrected chi connectivity index (χ0v) is 17.6. The lowest BCUT2D eigenvalue weighted by Crippen LogP contribution is -2.51. The van der Waals surface area contributed by atoms with Gasteiger partial charge in [-0.25, -0.2) is 9.97 Å². The number of rotatable bonds is 4. The minimum Gasteiger partial charge on any atom is -0.345 e. The van der Waals surface area contributed by atoms with Gasteiger partial charge in [0, 0.05) is 24.7 Å². The van der Waals surface area contributed by atoms with E-state index in [1.807, 2.05) is 17.4 Å². The third kappa shape index (κ3) is 3.50. The monoisotopic (exact) mass is 456 g/mol. The molecule has 4 heterocycles. The van der Waals surface area contributed by atoms with Crippen LogP contribution < -0.4 is 4.72 Å². The van der Waals surface area contributed by atoms with E-state index in [4.69, 9.17) is 0 Å². The van der Waals surface area contributed by atoms with Crippen LogP contribution >= 0.6 is 0 Å². The number of nitrogens with one attached hydrogen (secondary N) is 2. The number of hydrogen-bond acceptors (Lipinski definition) is 4. The van der Waals surface area contributed by atoms with Crippen LogP contribution in [0.2, 0.25) is 0 Å². The van der Waals surface area contributed by atoms with Gasteiger partial charge in [-0.05, 0) is 37.7 Å². The van der Waals surface area contributed by atoms with Gasteiger partial charge in [-0.3, -0.25) is 4.40 Å². The molecular weight excluding hydrogens is 433 g/mol. The van der Waals surface area contributed by atoms with Gasteiger partial charge >= 0.3 is 6.18 Å². The second kappa shape index (κ2) is 7.17. The Bertz CT molecular complexity index is 1220. The fourth-order valence-electron chi connectivity index (χ4n) is 5.10. The zero-order chi connectivity index (χ0) is 22.0. The van der Waals surface area contributed by atoms with Crippen molar-refractivity contribution < 1.29 is 21.6 Å². The second-order valence-electron chi connectivity index (χ2n) is 8.53. The van der Waals surface area contributed by atoms with E-state index in [1.54, 1.807) is 18.6 Å². The van der Waals surface area contributed by atoms with Crippen molar-refractivity contribution in [2.75, 3.05) is 6.54 Å². The van der Waals surface area contributed by atoms with Crippen LogP contribution in [-0.2, 0) is 10.2 Å². The van der Waals surface area contributed by atoms with Gasteiger partial charge in [0.25, 0.3) is 10.2 Å². The van der Waals surface area contributed by atoms with Gasteiger partial charge in [-0.15, -0.1) is 0 Å². The lowest BCUT2D eigenvalue weighted by molar-refractivity contribution is -0.165. The highest BCUT2D eigenvalue weighted by molar-refractivity contribution is 7.87. The number of H-pyrrole nitrogens is 1. The normalized spacial score (nSPS) is 28.3. The molecule has 12 heteroatoms. The predicted molar refractivity (Wildman–Crippen MR) is 108 cm³/mol. The Hall–Kier alpha value is -2.18. The summed E-state index contributed by atoms with van der Waals surface area (Å²) in [5, 5.41) is 0. The van der Waals surface area contributed by atoms with E-state index in [2.05, 4.69) is 19.7 Å². The standard InChI is InChI=1S/C19H23F3N6O2S/c1-11-7-12(26-31(29,30)27-6-2-3-16(27)19(20,21)22)8-14(11)18-25-10-13-9-24-17-15(28(13)18)4-5-23-17/h4-5,9-12,14,16,23,26H,2-3,6-8H2,1H3/t11-,12+,14+,16?/m1/s1. The minimum atomic E-state index is -4.57. The van der Waals surface area contributed by atoms with E-state index < -0.39 is 28.5 Å². The van der Waals surface area contributed by atoms with Gasteiger partial charge in [0.2, 0.25) is 0 Å². The summed E-state index contributed by atoms with van der Waals surface area (Å²) in [7, 11) is -4.24. The molecule has 168 valence electrons. The molecule has 1 saturated carbocycles. The van der Waals surface area contributed by atoms with Crippen molar-refractivity contribution in [1.82, 2.24) is 28.4 Å². The van der Waals surface area contributed by atoms with Gasteiger partial charge in [0.15, 0.2) is 5.65 Å². The van der Waals surface area contributed by atoms with Crippen molar-refractivity contribution in [2.24, 2.45) is 5.92 Å². The summed E-state index contributed by atoms with van der Waals surface area (Å²) in [6, 6.07) is -0.494. The fraction of sp³-hybridized carbons (Fsp3) is 0.579. The summed E-state index contributed by atoms with van der Waals surface area (Å²) >= 11 is 0. The molecular formula is C19H23F3N6O2S. The largest absolute Gasteiger partial charge is 0.405 e. The lowest BCUT2D eigenvalue weighted by atomic mass is 9.97. The molecule has 0 spiro atoms. The summed E-state index contributed by atoms with van der Waals surface area (Å²) in [6.07, 6.45) is 1.69. The van der Waals surface area contributed by atoms with Gasteiger partial charge in [0.05, 0.1) is 23.4 Å². The molecule has 1 aliphatic carbocycles. The molecule has 2 N–H and O–H groups in total. The van der Waals surface area contributed by atoms with Crippen LogP contribution in [0.3, 0.4) is 0 Å². The number of fused-ring (bicyclic) bond motifs is 3. The molecule has 0 bridgehead atoms. The molecule has 2 aliphatic rings. The molecule has 3 aromatic rings. The Morgan fingerprint density at radius 2 is 2.00 bits per heavy atom. The average Bonchev–Trinajstić information content (AvgIpc) is 3.45. The third-order valence-corrected chi connectivity index (χ3v) is 8.19. The first-order chi connectivity index (χ1) is 14.6. The van der Waals surface area contributed by atoms with Crippen LogP contribution in [0, 0.1) is 5.92 Å². The van der Waals surface area contributed by atoms with Crippen molar-refractivity contribution in [3.63, 3.8) is 0 Å². The maximum atomic E-state index is 13.3. The Morgan fingerprint density at radius 1 is 1.23 bits per heavy atom. The summed E-state index contributed by atoms with van der Waals surface area (Å²) in [6.45, 7) is 1.90. The first kappa shape index (κ1) is 20.7. The summed E-state index contributed by atoms with van der Waals surface area (Å²) < 4.78 is 70.5. The topological polar surface area (TPSA) is 95.4 Å². The van der Waals surface area contributed by atoms with Crippen LogP contribution in [0.4, 0.5) is 13.2 Å². The van der Waals surface area contributed by atoms with E-state index in [-0.39, 0.29) is 31.2 Å². The summed E-state index contributed by atoms with van der Waals surface area (Å²) in [5.74, 6) is 0.885. The van der Waals surface area contributed by atoms with Gasteiger partial charge in [-0.1, -0.05) is 6.92 Å². The first-order valence-electron chi connectivity index (χ1n) is 10.3. The molecule has 1 saturated heterocycles. The predicted octanol–water partition coefficient (Wildman–Crippen LogP) is 2.95. The highest BCUT2D eigenvalue weighted by Crippen LogP contribution is 2.41. The van der Waals surface area contributed by atoms with E-state index in [9.17, 15) is 21.6 Å². The molecule has 8 nitrogen and oxygen atoms in total. The van der Waals surface area contributed by atoms with Gasteiger partial charge in [-0.2, -0.15) is 30.6 Å². The molecule has 0 aromatic carbocycles. The minimum absolute atomic E-state index is 0.0345. The molecule has 3 aromatic heterocycles. The van der Waals surface area contributed by atoms with Crippen molar-refractivity contribution in [2.45, 2.75) is 56.8 Å². The van der Waals surface area contributed by atoms with Crippen LogP contribution in [0.1, 0.15) is 44.3 Å². The highest BCUT2D eigenvalue weighted by Gasteiger charge is 2.51. The Labute approximate surface area is 177 Å². The first-order valence-corrected chi connectivity index (χ1v) is 11.7. The number of nitrogens with zero attached hydrogens (tertiary/aromatic N) is 4. The van der Waals surface area contributed by atoms with E-state index in [1.165, 1.54) is 0 Å². The molecule has 1 aliphatic heterocycles. The maximum absolute atomic E-state index is 13.3. The number of aromatic amines is 1. The Balaban J connectivity index is 1.39. The summed E-state index contributed by atoms with van der Waals surface area (Å²) in [4.78, 5) is 12.0. The zero-order valence-electron chi connectivity index (χ0n) is 16.8. The maximum Gasteiger partial charge on any atom is 0.405 e. The number of halogens is 3. The van der Waals surface area contributed by atoms with Crippen LogP contribution in [-0.4, -0.2) is 56.9 Å². The molecule has 2 fully saturated rings. The van der Waals surface area contributed by atoms with E-state index >= 15 is 0 Å². The molecule has 5 rings (SSSR count). The second-order valence-corrected chi connectivity index (χ2v) is 10.2. The SMILES string of the molecule is C[C@@H]1C[C@H](NS(=O)(=O)N2CCCC2C(F)(F)F)C[C@@H]1c1ncc2cnc3[nH]ccc3n12.